The predicted molar refractivity (Wildman–Crippen MR) is 176 cm³/mol. The molecular weight excluding hydrogens is 538 g/mol. The van der Waals surface area contributed by atoms with Gasteiger partial charge in [-0.15, -0.1) is 0 Å². The number of aromatic nitrogens is 3. The van der Waals surface area contributed by atoms with Gasteiger partial charge in [0, 0.05) is 52.2 Å². The fourth-order valence-electron chi connectivity index (χ4n) is 10.9. The molecule has 0 amide bonds. The third kappa shape index (κ3) is 4.22. The van der Waals surface area contributed by atoms with Gasteiger partial charge in [0.25, 0.3) is 0 Å². The lowest BCUT2D eigenvalue weighted by Crippen LogP contribution is -2.59. The van der Waals surface area contributed by atoms with Crippen LogP contribution in [0.4, 0.5) is 11.4 Å². The number of piperidine rings is 4. The summed E-state index contributed by atoms with van der Waals surface area (Å²) in [5, 5.41) is 0. The summed E-state index contributed by atoms with van der Waals surface area (Å²) in [7, 11) is 0. The zero-order chi connectivity index (χ0) is 28.8. The van der Waals surface area contributed by atoms with E-state index in [1.165, 1.54) is 75.6 Å². The van der Waals surface area contributed by atoms with E-state index >= 15 is 0 Å². The van der Waals surface area contributed by atoms with Crippen molar-refractivity contribution in [2.75, 3.05) is 9.80 Å². The van der Waals surface area contributed by atoms with E-state index in [1.54, 1.807) is 0 Å². The molecule has 12 rings (SSSR count). The van der Waals surface area contributed by atoms with Gasteiger partial charge < -0.3 is 9.80 Å². The molecule has 4 aromatic rings. The molecule has 0 atom stereocenters. The number of benzene rings is 3. The van der Waals surface area contributed by atoms with Gasteiger partial charge in [-0.25, -0.2) is 15.0 Å². The maximum Gasteiger partial charge on any atom is 0.164 e. The molecule has 4 saturated heterocycles. The van der Waals surface area contributed by atoms with Gasteiger partial charge in [-0.05, 0) is 106 Å². The first-order chi connectivity index (χ1) is 21.7. The third-order valence-corrected chi connectivity index (χ3v) is 12.2. The van der Waals surface area contributed by atoms with E-state index in [-0.39, 0.29) is 0 Å². The summed E-state index contributed by atoms with van der Waals surface area (Å²) >= 11 is 0. The molecule has 4 aliphatic carbocycles. The summed E-state index contributed by atoms with van der Waals surface area (Å²) in [6.45, 7) is 0. The lowest BCUT2D eigenvalue weighted by Gasteiger charge is -2.58. The Morgan fingerprint density at radius 2 is 0.727 bits per heavy atom. The molecule has 0 spiro atoms. The molecule has 4 aliphatic heterocycles. The first-order valence-electron chi connectivity index (χ1n) is 17.3. The van der Waals surface area contributed by atoms with Crippen molar-refractivity contribution >= 4 is 11.4 Å². The maximum absolute atomic E-state index is 5.20. The van der Waals surface area contributed by atoms with E-state index in [4.69, 9.17) is 15.0 Å². The van der Waals surface area contributed by atoms with Crippen LogP contribution in [0.3, 0.4) is 0 Å². The Hall–Kier alpha value is -3.73. The quantitative estimate of drug-likeness (QED) is 0.238. The average molecular weight is 580 g/mol. The molecule has 3 aromatic carbocycles. The lowest BCUT2D eigenvalue weighted by molar-refractivity contribution is 0.0889. The Morgan fingerprint density at radius 1 is 0.386 bits per heavy atom. The normalized spacial score (nSPS) is 32.9. The third-order valence-electron chi connectivity index (χ3n) is 12.2. The molecule has 8 fully saturated rings. The van der Waals surface area contributed by atoms with Crippen LogP contribution >= 0.6 is 0 Å². The highest BCUT2D eigenvalue weighted by atomic mass is 15.2. The second-order valence-electron chi connectivity index (χ2n) is 15.0. The molecule has 5 heteroatoms. The molecule has 0 N–H and O–H groups in total. The summed E-state index contributed by atoms with van der Waals surface area (Å²) in [5.41, 5.74) is 6.00. The van der Waals surface area contributed by atoms with Crippen molar-refractivity contribution in [2.45, 2.75) is 88.4 Å². The van der Waals surface area contributed by atoms with Gasteiger partial charge in [0.2, 0.25) is 0 Å². The number of hydrogen-bond acceptors (Lipinski definition) is 5. The fraction of sp³-hybridized carbons (Fsp3) is 0.462. The van der Waals surface area contributed by atoms with Crippen molar-refractivity contribution in [3.63, 3.8) is 0 Å². The Balaban J connectivity index is 1.14. The molecule has 4 saturated carbocycles. The summed E-state index contributed by atoms with van der Waals surface area (Å²) in [4.78, 5) is 21.1. The smallest absolute Gasteiger partial charge is 0.164 e. The van der Waals surface area contributed by atoms with Gasteiger partial charge in [0.1, 0.15) is 0 Å². The van der Waals surface area contributed by atoms with Crippen molar-refractivity contribution in [1.82, 2.24) is 15.0 Å². The van der Waals surface area contributed by atoms with Crippen molar-refractivity contribution < 1.29 is 0 Å². The van der Waals surface area contributed by atoms with Crippen LogP contribution in [0, 0.1) is 23.7 Å². The topological polar surface area (TPSA) is 45.2 Å². The van der Waals surface area contributed by atoms with Crippen molar-refractivity contribution in [1.29, 1.82) is 0 Å². The minimum absolute atomic E-state index is 0.681. The first-order valence-corrected chi connectivity index (χ1v) is 17.3. The van der Waals surface area contributed by atoms with Crippen LogP contribution in [-0.4, -0.2) is 39.1 Å². The average Bonchev–Trinajstić information content (AvgIpc) is 3.04. The van der Waals surface area contributed by atoms with Gasteiger partial charge in [0.05, 0.1) is 0 Å². The van der Waals surface area contributed by atoms with Crippen LogP contribution in [0.15, 0.2) is 78.9 Å². The van der Waals surface area contributed by atoms with Gasteiger partial charge in [-0.1, -0.05) is 60.7 Å². The summed E-state index contributed by atoms with van der Waals surface area (Å²) < 4.78 is 0. The molecule has 1 aromatic heterocycles. The van der Waals surface area contributed by atoms with Gasteiger partial charge in [-0.3, -0.25) is 0 Å². The summed E-state index contributed by atoms with van der Waals surface area (Å²) in [5.74, 6) is 6.03. The molecule has 222 valence electrons. The summed E-state index contributed by atoms with van der Waals surface area (Å²) in [6.07, 6.45) is 13.9. The molecular formula is C39H41N5. The highest BCUT2D eigenvalue weighted by Gasteiger charge is 2.49. The highest BCUT2D eigenvalue weighted by Crippen LogP contribution is 2.54. The van der Waals surface area contributed by atoms with Crippen molar-refractivity contribution in [3.8, 4) is 34.2 Å². The molecule has 8 bridgehead atoms. The highest BCUT2D eigenvalue weighted by molar-refractivity contribution is 5.75. The molecule has 0 radical (unpaired) electrons. The number of rotatable bonds is 5. The molecule has 44 heavy (non-hydrogen) atoms. The second kappa shape index (κ2) is 9.89. The van der Waals surface area contributed by atoms with Crippen LogP contribution < -0.4 is 9.80 Å². The molecule has 5 heterocycles. The van der Waals surface area contributed by atoms with E-state index in [9.17, 15) is 0 Å². The zero-order valence-electron chi connectivity index (χ0n) is 25.4. The monoisotopic (exact) mass is 579 g/mol. The molecule has 5 nitrogen and oxygen atoms in total. The standard InChI is InChI=1S/C39H41N5/c1-3-7-28(8-4-1)37-40-38(29-9-5-2-6-10-29)42-39(41-37)30-21-35(43-31-13-24-11-25(15-31)16-32(43)14-24)23-36(22-30)44-33-17-26-12-27(19-33)20-34(44)18-26/h1-10,21-27,31-34H,11-20H2. The Labute approximate surface area is 260 Å². The Kier molecular flexibility index (Phi) is 5.75. The van der Waals surface area contributed by atoms with E-state index in [1.807, 2.05) is 0 Å². The largest absolute Gasteiger partial charge is 0.365 e. The summed E-state index contributed by atoms with van der Waals surface area (Å²) in [6, 6.07) is 31.0. The Bertz CT molecular complexity index is 1530. The van der Waals surface area contributed by atoms with Crippen LogP contribution in [0.5, 0.6) is 0 Å². The van der Waals surface area contributed by atoms with E-state index in [0.717, 1.165) is 57.8 Å². The second-order valence-corrected chi connectivity index (χ2v) is 15.0. The fourth-order valence-corrected chi connectivity index (χ4v) is 10.9. The van der Waals surface area contributed by atoms with Crippen LogP contribution in [0.25, 0.3) is 34.2 Å². The predicted octanol–water partition coefficient (Wildman–Crippen LogP) is 8.41. The number of hydrogen-bond donors (Lipinski definition) is 0. The SMILES string of the molecule is c1ccc(-c2nc(-c3ccccc3)nc(-c3cc(N4C5CC6CC(C5)CC4C6)cc(N4C5CC6CC(C5)CC4C6)c3)n2)cc1. The van der Waals surface area contributed by atoms with Crippen molar-refractivity contribution in [2.24, 2.45) is 23.7 Å². The molecule has 8 aliphatic rings. The number of anilines is 2. The van der Waals surface area contributed by atoms with Crippen LogP contribution in [0.1, 0.15) is 64.2 Å². The van der Waals surface area contributed by atoms with E-state index < -0.39 is 0 Å². The molecule has 0 unspecified atom stereocenters. The number of nitrogens with zero attached hydrogens (tertiary/aromatic N) is 5. The van der Waals surface area contributed by atoms with Crippen LogP contribution in [-0.2, 0) is 0 Å². The van der Waals surface area contributed by atoms with Gasteiger partial charge >= 0.3 is 0 Å². The maximum atomic E-state index is 5.20. The lowest BCUT2D eigenvalue weighted by atomic mass is 9.63. The Morgan fingerprint density at radius 3 is 1.09 bits per heavy atom. The van der Waals surface area contributed by atoms with Gasteiger partial charge in [0.15, 0.2) is 17.5 Å². The van der Waals surface area contributed by atoms with Gasteiger partial charge in [-0.2, -0.15) is 0 Å². The first kappa shape index (κ1) is 25.6. The minimum Gasteiger partial charge on any atom is -0.365 e. The van der Waals surface area contributed by atoms with Crippen LogP contribution in [0.2, 0.25) is 0 Å². The van der Waals surface area contributed by atoms with Crippen molar-refractivity contribution in [3.05, 3.63) is 78.9 Å². The zero-order valence-corrected chi connectivity index (χ0v) is 25.4. The van der Waals surface area contributed by atoms with E-state index in [2.05, 4.69) is 88.7 Å². The minimum atomic E-state index is 0.681. The van der Waals surface area contributed by atoms with E-state index in [0.29, 0.717) is 24.2 Å².